The van der Waals surface area contributed by atoms with Crippen molar-refractivity contribution < 1.29 is 81.7 Å². The monoisotopic (exact) mass is 644 g/mol. The first-order valence-corrected chi connectivity index (χ1v) is 4.37. The molecule has 0 saturated carbocycles. The first-order chi connectivity index (χ1) is 8.25. The maximum Gasteiger partial charge on any atom is 0.336 e. The van der Waals surface area contributed by atoms with Crippen molar-refractivity contribution in [2.24, 2.45) is 0 Å². The van der Waals surface area contributed by atoms with Crippen LogP contribution in [0, 0.1) is 0 Å². The SMILES string of the molecule is O=C(O)c1cc(C(=O)O)c(C(=O)O)cc1C(=O)O.[Pt].[Pt]. The normalized spacial score (nSPS) is 8.80. The predicted octanol–water partition coefficient (Wildman–Crippen LogP) is 0.474. The van der Waals surface area contributed by atoms with Crippen LogP contribution in [0.2, 0.25) is 0 Å². The molecule has 0 aliphatic carbocycles. The molecule has 1 rings (SSSR count). The van der Waals surface area contributed by atoms with Gasteiger partial charge in [-0.3, -0.25) is 0 Å². The van der Waals surface area contributed by atoms with Gasteiger partial charge in [0.25, 0.3) is 0 Å². The van der Waals surface area contributed by atoms with Crippen molar-refractivity contribution in [3.63, 3.8) is 0 Å². The van der Waals surface area contributed by atoms with Gasteiger partial charge in [-0.1, -0.05) is 0 Å². The van der Waals surface area contributed by atoms with Crippen LogP contribution in [-0.2, 0) is 42.1 Å². The standard InChI is InChI=1S/C10H6O8.2Pt/c11-7(12)3-1-4(8(13)14)6(10(17)18)2-5(3)9(15)16;;/h1-2H,(H,11,12)(H,13,14)(H,15,16)(H,17,18);;. The number of hydrogen-bond acceptors (Lipinski definition) is 4. The summed E-state index contributed by atoms with van der Waals surface area (Å²) in [6, 6.07) is 1.02. The molecule has 114 valence electrons. The van der Waals surface area contributed by atoms with E-state index in [1.165, 1.54) is 0 Å². The molecule has 1 aromatic carbocycles. The molecule has 0 saturated heterocycles. The molecule has 0 aliphatic rings. The predicted molar refractivity (Wildman–Crippen MR) is 54.3 cm³/mol. The van der Waals surface area contributed by atoms with Gasteiger partial charge in [-0.2, -0.15) is 0 Å². The third-order valence-corrected chi connectivity index (χ3v) is 2.08. The van der Waals surface area contributed by atoms with Crippen LogP contribution < -0.4 is 0 Å². The van der Waals surface area contributed by atoms with Gasteiger partial charge in [-0.05, 0) is 12.1 Å². The van der Waals surface area contributed by atoms with Gasteiger partial charge in [0, 0.05) is 42.1 Å². The molecule has 8 nitrogen and oxygen atoms in total. The van der Waals surface area contributed by atoms with Crippen molar-refractivity contribution >= 4 is 23.9 Å². The molecule has 0 spiro atoms. The summed E-state index contributed by atoms with van der Waals surface area (Å²) >= 11 is 0. The van der Waals surface area contributed by atoms with Gasteiger partial charge < -0.3 is 20.4 Å². The minimum absolute atomic E-state index is 0. The zero-order chi connectivity index (χ0) is 14.0. The van der Waals surface area contributed by atoms with E-state index < -0.39 is 46.1 Å². The second-order valence-corrected chi connectivity index (χ2v) is 3.16. The summed E-state index contributed by atoms with van der Waals surface area (Å²) in [6.45, 7) is 0. The van der Waals surface area contributed by atoms with E-state index in [1.807, 2.05) is 0 Å². The Morgan fingerprint density at radius 3 is 0.800 bits per heavy atom. The third-order valence-electron chi connectivity index (χ3n) is 2.08. The van der Waals surface area contributed by atoms with Crippen LogP contribution in [0.25, 0.3) is 0 Å². The minimum Gasteiger partial charge on any atom is -0.478 e. The fourth-order valence-electron chi connectivity index (χ4n) is 1.31. The van der Waals surface area contributed by atoms with Gasteiger partial charge >= 0.3 is 23.9 Å². The van der Waals surface area contributed by atoms with Gasteiger partial charge in [-0.15, -0.1) is 0 Å². The van der Waals surface area contributed by atoms with E-state index in [0.29, 0.717) is 12.1 Å². The average Bonchev–Trinajstić information content (AvgIpc) is 2.26. The maximum atomic E-state index is 10.8. The topological polar surface area (TPSA) is 149 Å². The minimum atomic E-state index is -1.66. The van der Waals surface area contributed by atoms with Crippen LogP contribution in [0.1, 0.15) is 41.4 Å². The molecule has 4 N–H and O–H groups in total. The third kappa shape index (κ3) is 4.25. The summed E-state index contributed by atoms with van der Waals surface area (Å²) in [7, 11) is 0. The van der Waals surface area contributed by atoms with Crippen LogP contribution in [0.5, 0.6) is 0 Å². The summed E-state index contributed by atoms with van der Waals surface area (Å²) in [6.07, 6.45) is 0. The molecule has 0 fully saturated rings. The number of benzene rings is 1. The number of carboxylic acids is 4. The van der Waals surface area contributed by atoms with Crippen molar-refractivity contribution in [3.05, 3.63) is 34.4 Å². The molecule has 20 heavy (non-hydrogen) atoms. The first-order valence-electron chi connectivity index (χ1n) is 4.37. The van der Waals surface area contributed by atoms with Crippen LogP contribution in [0.15, 0.2) is 12.1 Å². The van der Waals surface area contributed by atoms with Gasteiger partial charge in [0.1, 0.15) is 0 Å². The Labute approximate surface area is 139 Å². The number of carbonyl (C=O) groups is 4. The van der Waals surface area contributed by atoms with Gasteiger partial charge in [0.2, 0.25) is 0 Å². The van der Waals surface area contributed by atoms with Crippen molar-refractivity contribution in [3.8, 4) is 0 Å². The molecule has 0 bridgehead atoms. The maximum absolute atomic E-state index is 10.8. The molecule has 0 aromatic heterocycles. The molecular weight excluding hydrogens is 638 g/mol. The molecule has 0 radical (unpaired) electrons. The van der Waals surface area contributed by atoms with E-state index in [9.17, 15) is 19.2 Å². The quantitative estimate of drug-likeness (QED) is 0.370. The van der Waals surface area contributed by atoms with E-state index >= 15 is 0 Å². The van der Waals surface area contributed by atoms with Crippen LogP contribution >= 0.6 is 0 Å². The number of hydrogen-bond donors (Lipinski definition) is 4. The molecule has 10 heteroatoms. The van der Waals surface area contributed by atoms with E-state index in [-0.39, 0.29) is 42.1 Å². The summed E-state index contributed by atoms with van der Waals surface area (Å²) < 4.78 is 0. The number of aromatic carboxylic acids is 4. The molecule has 0 amide bonds. The van der Waals surface area contributed by atoms with Crippen LogP contribution in [0.4, 0.5) is 0 Å². The Morgan fingerprint density at radius 2 is 0.700 bits per heavy atom. The Balaban J connectivity index is 0. The smallest absolute Gasteiger partial charge is 0.336 e. The molecule has 0 atom stereocenters. The first kappa shape index (κ1) is 20.8. The van der Waals surface area contributed by atoms with Crippen LogP contribution in [-0.4, -0.2) is 44.3 Å². The van der Waals surface area contributed by atoms with E-state index in [4.69, 9.17) is 20.4 Å². The second-order valence-electron chi connectivity index (χ2n) is 3.16. The fourth-order valence-corrected chi connectivity index (χ4v) is 1.31. The molecule has 1 aromatic rings. The number of rotatable bonds is 4. The van der Waals surface area contributed by atoms with Crippen molar-refractivity contribution in [2.75, 3.05) is 0 Å². The molecule has 0 heterocycles. The fraction of sp³-hybridized carbons (Fsp3) is 0. The molecule has 0 aliphatic heterocycles. The summed E-state index contributed by atoms with van der Waals surface area (Å²) in [4.78, 5) is 43.1. The summed E-state index contributed by atoms with van der Waals surface area (Å²) in [5, 5.41) is 35.0. The van der Waals surface area contributed by atoms with Gasteiger partial charge in [0.15, 0.2) is 0 Å². The van der Waals surface area contributed by atoms with Gasteiger partial charge in [-0.25, -0.2) is 19.2 Å². The van der Waals surface area contributed by atoms with Crippen molar-refractivity contribution in [2.45, 2.75) is 0 Å². The summed E-state index contributed by atoms with van der Waals surface area (Å²) in [5.74, 6) is -6.64. The average molecular weight is 644 g/mol. The Hall–Kier alpha value is -1.52. The Bertz CT molecular complexity index is 483. The second kappa shape index (κ2) is 7.92. The van der Waals surface area contributed by atoms with E-state index in [1.54, 1.807) is 0 Å². The summed E-state index contributed by atoms with van der Waals surface area (Å²) in [5.41, 5.74) is -3.15. The zero-order valence-electron chi connectivity index (χ0n) is 9.21. The molecular formula is C10H6O8Pt2. The van der Waals surface area contributed by atoms with Crippen molar-refractivity contribution in [1.82, 2.24) is 0 Å². The Kier molecular flexibility index (Phi) is 8.23. The number of carboxylic acid groups (broad SMARTS) is 4. The van der Waals surface area contributed by atoms with Crippen LogP contribution in [0.3, 0.4) is 0 Å². The Morgan fingerprint density at radius 1 is 0.550 bits per heavy atom. The molecule has 0 unspecified atom stereocenters. The van der Waals surface area contributed by atoms with E-state index in [2.05, 4.69) is 0 Å². The van der Waals surface area contributed by atoms with Gasteiger partial charge in [0.05, 0.1) is 22.3 Å². The van der Waals surface area contributed by atoms with E-state index in [0.717, 1.165) is 0 Å². The zero-order valence-corrected chi connectivity index (χ0v) is 13.8. The largest absolute Gasteiger partial charge is 0.478 e. The van der Waals surface area contributed by atoms with Crippen molar-refractivity contribution in [1.29, 1.82) is 0 Å².